The molecule has 3 heterocycles. The topological polar surface area (TPSA) is 117 Å². The Morgan fingerprint density at radius 2 is 2.03 bits per heavy atom. The minimum atomic E-state index is -1.02. The summed E-state index contributed by atoms with van der Waals surface area (Å²) in [4.78, 5) is 26.9. The highest BCUT2D eigenvalue weighted by Gasteiger charge is 2.18. The predicted octanol–water partition coefficient (Wildman–Crippen LogP) is 3.92. The standard InChI is InChI=1S/C25H30N6O2S/c1-16-5-3-6-18-15-19(24(29-22(16)18)31-11-13-34-14-12-31)7-4-10-27-23-20(8-9-21(32)33)17(2)28-25(26)30-23/h3,5-6,8-9,15H,4,7,10-14H2,1-2H3,(H,32,33)(H3,26,27,28,30)/b9-8+. The molecule has 3 aromatic rings. The van der Waals surface area contributed by atoms with Crippen molar-refractivity contribution >= 4 is 52.3 Å². The van der Waals surface area contributed by atoms with Gasteiger partial charge in [-0.25, -0.2) is 14.8 Å². The van der Waals surface area contributed by atoms with Crippen molar-refractivity contribution in [1.29, 1.82) is 0 Å². The normalized spacial score (nSPS) is 14.1. The zero-order valence-corrected chi connectivity index (χ0v) is 20.4. The van der Waals surface area contributed by atoms with Gasteiger partial charge in [-0.1, -0.05) is 18.2 Å². The summed E-state index contributed by atoms with van der Waals surface area (Å²) in [6.07, 6.45) is 4.31. The fourth-order valence-electron chi connectivity index (χ4n) is 4.19. The van der Waals surface area contributed by atoms with E-state index in [1.54, 1.807) is 6.92 Å². The van der Waals surface area contributed by atoms with E-state index in [9.17, 15) is 4.79 Å². The molecule has 0 radical (unpaired) electrons. The van der Waals surface area contributed by atoms with E-state index in [2.05, 4.69) is 51.4 Å². The number of aromatic nitrogens is 3. The van der Waals surface area contributed by atoms with Crippen molar-refractivity contribution in [2.45, 2.75) is 26.7 Å². The van der Waals surface area contributed by atoms with E-state index in [-0.39, 0.29) is 5.95 Å². The summed E-state index contributed by atoms with van der Waals surface area (Å²) < 4.78 is 0. The van der Waals surface area contributed by atoms with Gasteiger partial charge in [-0.15, -0.1) is 0 Å². The summed E-state index contributed by atoms with van der Waals surface area (Å²) in [7, 11) is 0. The van der Waals surface area contributed by atoms with Crippen molar-refractivity contribution in [2.75, 3.05) is 47.1 Å². The minimum Gasteiger partial charge on any atom is -0.478 e. The van der Waals surface area contributed by atoms with Crippen LogP contribution in [0.15, 0.2) is 30.3 Å². The van der Waals surface area contributed by atoms with Crippen LogP contribution in [0.25, 0.3) is 17.0 Å². The molecule has 1 fully saturated rings. The molecule has 1 saturated heterocycles. The molecule has 1 aliphatic heterocycles. The fourth-order valence-corrected chi connectivity index (χ4v) is 5.09. The smallest absolute Gasteiger partial charge is 0.328 e. The molecule has 9 heteroatoms. The number of nitrogens with zero attached hydrogens (tertiary/aromatic N) is 4. The third-order valence-electron chi connectivity index (χ3n) is 5.88. The zero-order chi connectivity index (χ0) is 24.1. The van der Waals surface area contributed by atoms with Crippen LogP contribution >= 0.6 is 11.8 Å². The molecular weight excluding hydrogens is 448 g/mol. The third kappa shape index (κ3) is 5.59. The van der Waals surface area contributed by atoms with Crippen molar-refractivity contribution in [3.05, 3.63) is 52.7 Å². The van der Waals surface area contributed by atoms with Crippen molar-refractivity contribution in [2.24, 2.45) is 0 Å². The number of nitrogen functional groups attached to an aromatic ring is 1. The Morgan fingerprint density at radius 1 is 1.24 bits per heavy atom. The van der Waals surface area contributed by atoms with Crippen LogP contribution in [0.5, 0.6) is 0 Å². The number of carboxylic acids is 1. The third-order valence-corrected chi connectivity index (χ3v) is 6.82. The average molecular weight is 479 g/mol. The molecule has 0 atom stereocenters. The SMILES string of the molecule is Cc1nc(N)nc(NCCCc2cc3cccc(C)c3nc2N2CCSCC2)c1/C=C/C(=O)O. The summed E-state index contributed by atoms with van der Waals surface area (Å²) in [5.74, 6) is 3.01. The molecule has 4 N–H and O–H groups in total. The molecular formula is C25H30N6O2S. The maximum absolute atomic E-state index is 11.0. The van der Waals surface area contributed by atoms with Crippen LogP contribution in [0.1, 0.15) is 28.8 Å². The van der Waals surface area contributed by atoms with Crippen molar-refractivity contribution in [3.8, 4) is 0 Å². The Kier molecular flexibility index (Phi) is 7.52. The molecule has 0 amide bonds. The van der Waals surface area contributed by atoms with Crippen LogP contribution in [-0.2, 0) is 11.2 Å². The number of nitrogens with one attached hydrogen (secondary N) is 1. The van der Waals surface area contributed by atoms with Gasteiger partial charge < -0.3 is 21.1 Å². The van der Waals surface area contributed by atoms with Gasteiger partial charge in [0, 0.05) is 48.2 Å². The summed E-state index contributed by atoms with van der Waals surface area (Å²) in [5.41, 5.74) is 10.6. The van der Waals surface area contributed by atoms with Gasteiger partial charge in [0.05, 0.1) is 11.2 Å². The number of hydrogen-bond acceptors (Lipinski definition) is 8. The van der Waals surface area contributed by atoms with E-state index in [1.807, 2.05) is 11.8 Å². The Hall–Kier alpha value is -3.33. The first-order valence-corrected chi connectivity index (χ1v) is 12.6. The summed E-state index contributed by atoms with van der Waals surface area (Å²) in [6.45, 7) is 6.58. The van der Waals surface area contributed by atoms with Gasteiger partial charge in [0.2, 0.25) is 5.95 Å². The van der Waals surface area contributed by atoms with Crippen LogP contribution in [0.4, 0.5) is 17.6 Å². The molecule has 34 heavy (non-hydrogen) atoms. The van der Waals surface area contributed by atoms with Crippen LogP contribution in [0.3, 0.4) is 0 Å². The Balaban J connectivity index is 1.52. The molecule has 8 nitrogen and oxygen atoms in total. The summed E-state index contributed by atoms with van der Waals surface area (Å²) in [5, 5.41) is 13.5. The minimum absolute atomic E-state index is 0.159. The van der Waals surface area contributed by atoms with Crippen LogP contribution in [0, 0.1) is 13.8 Å². The van der Waals surface area contributed by atoms with E-state index in [0.29, 0.717) is 23.6 Å². The van der Waals surface area contributed by atoms with E-state index in [4.69, 9.17) is 15.8 Å². The number of benzene rings is 1. The molecule has 178 valence electrons. The number of fused-ring (bicyclic) bond motifs is 1. The van der Waals surface area contributed by atoms with Gasteiger partial charge in [0.1, 0.15) is 11.6 Å². The monoisotopic (exact) mass is 478 g/mol. The molecule has 2 aromatic heterocycles. The van der Waals surface area contributed by atoms with Crippen molar-refractivity contribution in [3.63, 3.8) is 0 Å². The lowest BCUT2D eigenvalue weighted by Crippen LogP contribution is -2.34. The number of hydrogen-bond donors (Lipinski definition) is 3. The molecule has 1 aromatic carbocycles. The molecule has 0 spiro atoms. The zero-order valence-electron chi connectivity index (χ0n) is 19.5. The lowest BCUT2D eigenvalue weighted by molar-refractivity contribution is -0.131. The van der Waals surface area contributed by atoms with E-state index in [1.165, 1.54) is 22.6 Å². The molecule has 1 aliphatic rings. The first-order valence-electron chi connectivity index (χ1n) is 11.4. The second-order valence-electron chi connectivity index (χ2n) is 8.35. The van der Waals surface area contributed by atoms with Crippen LogP contribution in [0.2, 0.25) is 0 Å². The van der Waals surface area contributed by atoms with Crippen LogP contribution < -0.4 is 16.0 Å². The second-order valence-corrected chi connectivity index (χ2v) is 9.57. The van der Waals surface area contributed by atoms with E-state index < -0.39 is 5.97 Å². The number of nitrogens with two attached hydrogens (primary N) is 1. The Bertz CT molecular complexity index is 1220. The number of aliphatic carboxylic acids is 1. The summed E-state index contributed by atoms with van der Waals surface area (Å²) >= 11 is 1.99. The molecule has 0 saturated carbocycles. The van der Waals surface area contributed by atoms with Gasteiger partial charge in [-0.2, -0.15) is 16.7 Å². The van der Waals surface area contributed by atoms with Gasteiger partial charge in [-0.05, 0) is 50.0 Å². The molecule has 0 aliphatic carbocycles. The van der Waals surface area contributed by atoms with Gasteiger partial charge in [0.15, 0.2) is 0 Å². The fraction of sp³-hybridized carbons (Fsp3) is 0.360. The largest absolute Gasteiger partial charge is 0.478 e. The van der Waals surface area contributed by atoms with Gasteiger partial charge in [0.25, 0.3) is 0 Å². The number of anilines is 3. The number of rotatable bonds is 8. The molecule has 0 unspecified atom stereocenters. The van der Waals surface area contributed by atoms with E-state index in [0.717, 1.165) is 54.8 Å². The Labute approximate surface area is 203 Å². The number of thioether (sulfide) groups is 1. The number of aryl methyl sites for hydroxylation is 3. The lowest BCUT2D eigenvalue weighted by atomic mass is 10.0. The first kappa shape index (κ1) is 23.8. The number of pyridine rings is 1. The quantitative estimate of drug-likeness (QED) is 0.327. The highest BCUT2D eigenvalue weighted by molar-refractivity contribution is 7.99. The maximum Gasteiger partial charge on any atom is 0.328 e. The van der Waals surface area contributed by atoms with Crippen molar-refractivity contribution < 1.29 is 9.90 Å². The highest BCUT2D eigenvalue weighted by Crippen LogP contribution is 2.28. The number of para-hydroxylation sites is 1. The van der Waals surface area contributed by atoms with E-state index >= 15 is 0 Å². The maximum atomic E-state index is 11.0. The average Bonchev–Trinajstić information content (AvgIpc) is 2.81. The van der Waals surface area contributed by atoms with Crippen LogP contribution in [-0.4, -0.2) is 57.2 Å². The number of carboxylic acid groups (broad SMARTS) is 1. The molecule has 4 rings (SSSR count). The Morgan fingerprint density at radius 3 is 2.79 bits per heavy atom. The van der Waals surface area contributed by atoms with Gasteiger partial charge in [-0.3, -0.25) is 0 Å². The number of carbonyl (C=O) groups is 1. The van der Waals surface area contributed by atoms with Gasteiger partial charge >= 0.3 is 5.97 Å². The first-order chi connectivity index (χ1) is 16.4. The van der Waals surface area contributed by atoms with Crippen molar-refractivity contribution in [1.82, 2.24) is 15.0 Å². The second kappa shape index (κ2) is 10.7. The predicted molar refractivity (Wildman–Crippen MR) is 141 cm³/mol. The highest BCUT2D eigenvalue weighted by atomic mass is 32.2. The molecule has 0 bridgehead atoms. The summed E-state index contributed by atoms with van der Waals surface area (Å²) in [6, 6.07) is 8.59. The lowest BCUT2D eigenvalue weighted by Gasteiger charge is -2.29.